The van der Waals surface area contributed by atoms with E-state index in [1.54, 1.807) is 0 Å². The molecule has 0 radical (unpaired) electrons. The van der Waals surface area contributed by atoms with Gasteiger partial charge in [-0.2, -0.15) is 0 Å². The normalized spacial score (nSPS) is 13.2. The molecule has 2 nitrogen and oxygen atoms in total. The molecule has 4 heteroatoms. The second kappa shape index (κ2) is 6.89. The molecule has 1 amide bonds. The van der Waals surface area contributed by atoms with Crippen LogP contribution in [0.3, 0.4) is 0 Å². The maximum absolute atomic E-state index is 12.4. The van der Waals surface area contributed by atoms with Crippen molar-refractivity contribution in [2.24, 2.45) is 5.41 Å². The third kappa shape index (κ3) is 4.92. The van der Waals surface area contributed by atoms with Crippen LogP contribution >= 0.6 is 31.9 Å². The van der Waals surface area contributed by atoms with Gasteiger partial charge in [0, 0.05) is 21.4 Å². The lowest BCUT2D eigenvalue weighted by atomic mass is 9.85. The molecule has 1 aromatic rings. The summed E-state index contributed by atoms with van der Waals surface area (Å²) in [6.07, 6.45) is 0.919. The van der Waals surface area contributed by atoms with Crippen molar-refractivity contribution in [3.63, 3.8) is 0 Å². The lowest BCUT2D eigenvalue weighted by Crippen LogP contribution is -2.44. The highest BCUT2D eigenvalue weighted by Gasteiger charge is 2.26. The van der Waals surface area contributed by atoms with Crippen LogP contribution in [-0.2, 0) is 0 Å². The fraction of sp³-hybridized carbons (Fsp3) is 0.533. The van der Waals surface area contributed by atoms with Gasteiger partial charge in [0.2, 0.25) is 0 Å². The summed E-state index contributed by atoms with van der Waals surface area (Å²) >= 11 is 6.87. The second-order valence-electron chi connectivity index (χ2n) is 5.83. The predicted molar refractivity (Wildman–Crippen MR) is 88.0 cm³/mol. The van der Waals surface area contributed by atoms with Crippen molar-refractivity contribution in [1.82, 2.24) is 5.32 Å². The molecule has 0 bridgehead atoms. The standard InChI is InChI=1S/C15H21Br2NO/c1-10-5-6-11(17)9-12(10)14(19)18-13(7-8-16)15(2,3)4/h5-6,9,13H,7-8H2,1-4H3,(H,18,19). The Labute approximate surface area is 132 Å². The Balaban J connectivity index is 2.91. The first-order valence-electron chi connectivity index (χ1n) is 6.38. The summed E-state index contributed by atoms with van der Waals surface area (Å²) in [7, 11) is 0. The molecule has 0 saturated carbocycles. The number of halogens is 2. The highest BCUT2D eigenvalue weighted by Crippen LogP contribution is 2.23. The average molecular weight is 391 g/mol. The Bertz CT molecular complexity index is 452. The molecule has 1 N–H and O–H groups in total. The molecule has 0 saturated heterocycles. The first-order chi connectivity index (χ1) is 8.75. The summed E-state index contributed by atoms with van der Waals surface area (Å²) in [5.41, 5.74) is 1.77. The number of alkyl halides is 1. The summed E-state index contributed by atoms with van der Waals surface area (Å²) < 4.78 is 0.927. The Morgan fingerprint density at radius 2 is 2.00 bits per heavy atom. The van der Waals surface area contributed by atoms with E-state index in [2.05, 4.69) is 57.9 Å². The van der Waals surface area contributed by atoms with Gasteiger partial charge < -0.3 is 5.32 Å². The Kier molecular flexibility index (Phi) is 6.06. The van der Waals surface area contributed by atoms with E-state index in [-0.39, 0.29) is 17.4 Å². The minimum absolute atomic E-state index is 0.000301. The summed E-state index contributed by atoms with van der Waals surface area (Å²) in [6.45, 7) is 8.40. The van der Waals surface area contributed by atoms with Crippen molar-refractivity contribution >= 4 is 37.8 Å². The first kappa shape index (κ1) is 16.7. The van der Waals surface area contributed by atoms with Gasteiger partial charge in [-0.05, 0) is 36.5 Å². The molecular weight excluding hydrogens is 370 g/mol. The Morgan fingerprint density at radius 3 is 2.53 bits per heavy atom. The second-order valence-corrected chi connectivity index (χ2v) is 7.54. The van der Waals surface area contributed by atoms with Gasteiger partial charge in [-0.15, -0.1) is 0 Å². The zero-order valence-corrected chi connectivity index (χ0v) is 15.1. The van der Waals surface area contributed by atoms with Crippen LogP contribution in [0, 0.1) is 12.3 Å². The van der Waals surface area contributed by atoms with Crippen LogP contribution in [0.2, 0.25) is 0 Å². The average Bonchev–Trinajstić information content (AvgIpc) is 2.30. The molecular formula is C15H21Br2NO. The van der Waals surface area contributed by atoms with Crippen LogP contribution in [0.15, 0.2) is 22.7 Å². The number of hydrogen-bond acceptors (Lipinski definition) is 1. The number of carbonyl (C=O) groups excluding carboxylic acids is 1. The zero-order valence-electron chi connectivity index (χ0n) is 11.9. The van der Waals surface area contributed by atoms with E-state index in [1.165, 1.54) is 0 Å². The number of benzene rings is 1. The van der Waals surface area contributed by atoms with E-state index in [1.807, 2.05) is 25.1 Å². The fourth-order valence-corrected chi connectivity index (χ4v) is 2.72. The summed E-state index contributed by atoms with van der Waals surface area (Å²) in [5, 5.41) is 4.03. The molecule has 0 aliphatic heterocycles. The summed E-state index contributed by atoms with van der Waals surface area (Å²) in [5.74, 6) is -0.000301. The van der Waals surface area contributed by atoms with E-state index < -0.39 is 0 Å². The van der Waals surface area contributed by atoms with Gasteiger partial charge in [-0.1, -0.05) is 58.7 Å². The fourth-order valence-electron chi connectivity index (χ4n) is 1.91. The number of aryl methyl sites for hydroxylation is 1. The molecule has 0 aromatic heterocycles. The third-order valence-corrected chi connectivity index (χ3v) is 4.14. The van der Waals surface area contributed by atoms with Gasteiger partial charge >= 0.3 is 0 Å². The van der Waals surface area contributed by atoms with Crippen LogP contribution in [0.5, 0.6) is 0 Å². The molecule has 1 rings (SSSR count). The van der Waals surface area contributed by atoms with Gasteiger partial charge in [-0.25, -0.2) is 0 Å². The smallest absolute Gasteiger partial charge is 0.251 e. The van der Waals surface area contributed by atoms with Crippen molar-refractivity contribution in [3.8, 4) is 0 Å². The maximum atomic E-state index is 12.4. The minimum Gasteiger partial charge on any atom is -0.349 e. The molecule has 19 heavy (non-hydrogen) atoms. The van der Waals surface area contributed by atoms with E-state index >= 15 is 0 Å². The molecule has 0 heterocycles. The monoisotopic (exact) mass is 389 g/mol. The van der Waals surface area contributed by atoms with Gasteiger partial charge in [0.25, 0.3) is 5.91 Å². The van der Waals surface area contributed by atoms with Crippen LogP contribution in [0.1, 0.15) is 43.1 Å². The van der Waals surface area contributed by atoms with Crippen LogP contribution in [0.4, 0.5) is 0 Å². The number of carbonyl (C=O) groups is 1. The zero-order chi connectivity index (χ0) is 14.6. The third-order valence-electron chi connectivity index (χ3n) is 3.19. The quantitative estimate of drug-likeness (QED) is 0.742. The summed E-state index contributed by atoms with van der Waals surface area (Å²) in [6, 6.07) is 5.93. The lowest BCUT2D eigenvalue weighted by molar-refractivity contribution is 0.0900. The Hall–Kier alpha value is -0.350. The summed E-state index contributed by atoms with van der Waals surface area (Å²) in [4.78, 5) is 12.4. The Morgan fingerprint density at radius 1 is 1.37 bits per heavy atom. The van der Waals surface area contributed by atoms with Gasteiger partial charge in [0.1, 0.15) is 0 Å². The van der Waals surface area contributed by atoms with E-state index in [9.17, 15) is 4.79 Å². The van der Waals surface area contributed by atoms with Gasteiger partial charge in [0.15, 0.2) is 0 Å². The van der Waals surface area contributed by atoms with E-state index in [4.69, 9.17) is 0 Å². The highest BCUT2D eigenvalue weighted by molar-refractivity contribution is 9.10. The number of amides is 1. The largest absolute Gasteiger partial charge is 0.349 e. The molecule has 1 aromatic carbocycles. The topological polar surface area (TPSA) is 29.1 Å². The maximum Gasteiger partial charge on any atom is 0.251 e. The van der Waals surface area contributed by atoms with Crippen molar-refractivity contribution < 1.29 is 4.79 Å². The van der Waals surface area contributed by atoms with E-state index in [0.29, 0.717) is 0 Å². The molecule has 0 spiro atoms. The first-order valence-corrected chi connectivity index (χ1v) is 8.30. The van der Waals surface area contributed by atoms with Crippen molar-refractivity contribution in [1.29, 1.82) is 0 Å². The minimum atomic E-state index is -0.000301. The molecule has 0 aliphatic carbocycles. The van der Waals surface area contributed by atoms with Crippen molar-refractivity contribution in [2.45, 2.75) is 40.2 Å². The predicted octanol–water partition coefficient (Wildman–Crippen LogP) is 4.69. The number of nitrogens with one attached hydrogen (secondary N) is 1. The lowest BCUT2D eigenvalue weighted by Gasteiger charge is -2.31. The highest BCUT2D eigenvalue weighted by atomic mass is 79.9. The molecule has 1 atom stereocenters. The molecule has 106 valence electrons. The molecule has 1 unspecified atom stereocenters. The van der Waals surface area contributed by atoms with E-state index in [0.717, 1.165) is 27.4 Å². The van der Waals surface area contributed by atoms with Crippen molar-refractivity contribution in [2.75, 3.05) is 5.33 Å². The SMILES string of the molecule is Cc1ccc(Br)cc1C(=O)NC(CCBr)C(C)(C)C. The van der Waals surface area contributed by atoms with Crippen LogP contribution in [-0.4, -0.2) is 17.3 Å². The van der Waals surface area contributed by atoms with Gasteiger partial charge in [0.05, 0.1) is 0 Å². The van der Waals surface area contributed by atoms with Crippen LogP contribution < -0.4 is 5.32 Å². The number of rotatable bonds is 4. The number of hydrogen-bond donors (Lipinski definition) is 1. The van der Waals surface area contributed by atoms with Gasteiger partial charge in [-0.3, -0.25) is 4.79 Å². The van der Waals surface area contributed by atoms with Crippen molar-refractivity contribution in [3.05, 3.63) is 33.8 Å². The molecule has 0 fully saturated rings. The molecule has 0 aliphatic rings. The van der Waals surface area contributed by atoms with Crippen LogP contribution in [0.25, 0.3) is 0 Å².